The zero-order valence-corrected chi connectivity index (χ0v) is 24.6. The minimum absolute atomic E-state index is 0.0644. The van der Waals surface area contributed by atoms with Gasteiger partial charge in [0.1, 0.15) is 48.1 Å². The number of methoxy groups -OCH3 is 1. The summed E-state index contributed by atoms with van der Waals surface area (Å²) in [7, 11) is 1.31. The Morgan fingerprint density at radius 2 is 1.85 bits per heavy atom. The number of hydrogen-bond donors (Lipinski definition) is 6. The molecule has 2 aliphatic carbocycles. The van der Waals surface area contributed by atoms with Crippen LogP contribution in [0, 0.1) is 0 Å². The van der Waals surface area contributed by atoms with Crippen LogP contribution in [-0.2, 0) is 30.2 Å². The lowest BCUT2D eigenvalue weighted by molar-refractivity contribution is -0.282. The summed E-state index contributed by atoms with van der Waals surface area (Å²) in [4.78, 5) is 40.3. The van der Waals surface area contributed by atoms with Gasteiger partial charge in [-0.05, 0) is 13.0 Å². The fraction of sp³-hybridized carbons (Fsp3) is 0.387. The number of rotatable bonds is 7. The maximum atomic E-state index is 13.8. The summed E-state index contributed by atoms with van der Waals surface area (Å²) in [5, 5.41) is 66.5. The molecule has 1 fully saturated rings. The molecule has 0 radical (unpaired) electrons. The predicted octanol–water partition coefficient (Wildman–Crippen LogP) is 1.05. The van der Waals surface area contributed by atoms with E-state index in [0.29, 0.717) is 5.06 Å². The van der Waals surface area contributed by atoms with Crippen molar-refractivity contribution in [3.63, 3.8) is 0 Å². The molecule has 2 aromatic carbocycles. The highest BCUT2D eigenvalue weighted by Crippen LogP contribution is 2.52. The molecule has 15 heteroatoms. The largest absolute Gasteiger partial charge is 0.507 e. The average Bonchev–Trinajstić information content (AvgIpc) is 3.05. The summed E-state index contributed by atoms with van der Waals surface area (Å²) < 4.78 is 27.5. The summed E-state index contributed by atoms with van der Waals surface area (Å²) in [5.41, 5.74) is -4.04. The van der Waals surface area contributed by atoms with Crippen molar-refractivity contribution < 1.29 is 68.8 Å². The van der Waals surface area contributed by atoms with Crippen molar-refractivity contribution in [3.8, 4) is 17.2 Å². The molecule has 2 aliphatic heterocycles. The van der Waals surface area contributed by atoms with Crippen molar-refractivity contribution >= 4 is 17.3 Å². The van der Waals surface area contributed by atoms with E-state index < -0.39 is 95.7 Å². The van der Waals surface area contributed by atoms with E-state index in [4.69, 9.17) is 23.7 Å². The molecule has 2 heterocycles. The minimum Gasteiger partial charge on any atom is -0.507 e. The number of phenols is 2. The first-order chi connectivity index (χ1) is 21.9. The topological polar surface area (TPSA) is 222 Å². The molecule has 6 atom stereocenters. The maximum absolute atomic E-state index is 13.8. The second kappa shape index (κ2) is 11.7. The molecule has 4 aliphatic rings. The van der Waals surface area contributed by atoms with Gasteiger partial charge in [0.05, 0.1) is 42.0 Å². The van der Waals surface area contributed by atoms with E-state index >= 15 is 0 Å². The molecular formula is C31H31NO14. The number of ketones is 3. The van der Waals surface area contributed by atoms with Gasteiger partial charge in [0, 0.05) is 36.0 Å². The van der Waals surface area contributed by atoms with Crippen LogP contribution in [0.2, 0.25) is 0 Å². The van der Waals surface area contributed by atoms with Crippen molar-refractivity contribution in [3.05, 3.63) is 76.2 Å². The first-order valence-electron chi connectivity index (χ1n) is 14.3. The van der Waals surface area contributed by atoms with Crippen molar-refractivity contribution in [2.24, 2.45) is 0 Å². The minimum atomic E-state index is -2.33. The van der Waals surface area contributed by atoms with Gasteiger partial charge in [-0.3, -0.25) is 19.6 Å². The Balaban J connectivity index is 1.44. The monoisotopic (exact) mass is 641 g/mol. The van der Waals surface area contributed by atoms with E-state index in [2.05, 4.69) is 0 Å². The summed E-state index contributed by atoms with van der Waals surface area (Å²) >= 11 is 0. The van der Waals surface area contributed by atoms with Gasteiger partial charge in [-0.15, -0.1) is 0 Å². The molecule has 2 aromatic rings. The molecule has 6 rings (SSSR count). The van der Waals surface area contributed by atoms with Crippen molar-refractivity contribution in [1.82, 2.24) is 5.06 Å². The highest BCUT2D eigenvalue weighted by Gasteiger charge is 2.50. The number of aliphatic hydroxyl groups excluding tert-OH is 2. The lowest BCUT2D eigenvalue weighted by Crippen LogP contribution is -2.55. The molecule has 0 bridgehead atoms. The average molecular weight is 642 g/mol. The number of carbonyl (C=O) groups is 3. The Morgan fingerprint density at radius 3 is 2.52 bits per heavy atom. The predicted molar refractivity (Wildman–Crippen MR) is 151 cm³/mol. The van der Waals surface area contributed by atoms with Gasteiger partial charge in [0.25, 0.3) is 5.88 Å². The fourth-order valence-electron chi connectivity index (χ4n) is 6.46. The quantitative estimate of drug-likeness (QED) is 0.157. The van der Waals surface area contributed by atoms with E-state index in [9.17, 15) is 45.1 Å². The molecule has 15 nitrogen and oxygen atoms in total. The Bertz CT molecular complexity index is 1680. The second-order valence-corrected chi connectivity index (χ2v) is 11.4. The van der Waals surface area contributed by atoms with Crippen LogP contribution in [-0.4, -0.2) is 97.0 Å². The Labute approximate surface area is 261 Å². The van der Waals surface area contributed by atoms with Gasteiger partial charge in [-0.25, -0.2) is 5.06 Å². The summed E-state index contributed by atoms with van der Waals surface area (Å²) in [5.74, 6) is -4.22. The third kappa shape index (κ3) is 4.88. The number of carbonyl (C=O) groups excluding carboxylic acids is 3. The van der Waals surface area contributed by atoms with Gasteiger partial charge in [0.2, 0.25) is 5.78 Å². The smallest absolute Gasteiger partial charge is 0.255 e. The number of aromatic hydroxyl groups is 2. The van der Waals surface area contributed by atoms with Crippen LogP contribution in [0.4, 0.5) is 0 Å². The third-order valence-corrected chi connectivity index (χ3v) is 8.76. The van der Waals surface area contributed by atoms with Crippen LogP contribution >= 0.6 is 0 Å². The molecule has 0 saturated carbocycles. The Hall–Kier alpha value is -4.51. The number of phenolic OH excluding ortho intramolecular Hbond substituents is 2. The molecule has 6 N–H and O–H groups in total. The molecule has 46 heavy (non-hydrogen) atoms. The summed E-state index contributed by atoms with van der Waals surface area (Å²) in [6.45, 7) is 0.430. The van der Waals surface area contributed by atoms with Gasteiger partial charge < -0.3 is 49.2 Å². The third-order valence-electron chi connectivity index (χ3n) is 8.76. The molecule has 0 aromatic heterocycles. The number of hydrogen-bond acceptors (Lipinski definition) is 15. The van der Waals surface area contributed by atoms with Crippen LogP contribution in [0.1, 0.15) is 68.8 Å². The first kappa shape index (κ1) is 31.5. The number of hydroxylamine groups is 2. The van der Waals surface area contributed by atoms with E-state index in [-0.39, 0.29) is 40.3 Å². The maximum Gasteiger partial charge on any atom is 0.255 e. The van der Waals surface area contributed by atoms with Crippen LogP contribution in [0.3, 0.4) is 0 Å². The number of benzene rings is 2. The molecular weight excluding hydrogens is 610 g/mol. The number of fused-ring (bicyclic) bond motifs is 3. The zero-order chi connectivity index (χ0) is 33.1. The fourth-order valence-corrected chi connectivity index (χ4v) is 6.46. The highest BCUT2D eigenvalue weighted by atomic mass is 16.7. The zero-order valence-electron chi connectivity index (χ0n) is 24.6. The summed E-state index contributed by atoms with van der Waals surface area (Å²) in [6, 6.07) is 3.21. The lowest BCUT2D eigenvalue weighted by atomic mass is 9.72. The molecule has 244 valence electrons. The second-order valence-electron chi connectivity index (χ2n) is 11.4. The normalized spacial score (nSPS) is 28.2. The standard InChI is InChI=1S/C31H31NO14/c1-13-26(35)16(32(41)20-12-43-6-7-44-20)8-21(45-13)46-18-10-31(40,19(34)11-33)9-15-23(18)30(39)25-24(28(15)37)27(36)14-4-3-5-17(42-2)22(14)29(25)38/h3-7,12-13,16,18,21,26,33,35,37,39-41H,8-11H2,1-2H3/t13?,16?,18-,21?,26?,31-/m0/s1. The van der Waals surface area contributed by atoms with E-state index in [1.54, 1.807) is 0 Å². The van der Waals surface area contributed by atoms with Crippen LogP contribution in [0.15, 0.2) is 42.9 Å². The Morgan fingerprint density at radius 1 is 1.11 bits per heavy atom. The van der Waals surface area contributed by atoms with Gasteiger partial charge in [0.15, 0.2) is 24.1 Å². The lowest BCUT2D eigenvalue weighted by Gasteiger charge is -2.44. The molecule has 1 saturated heterocycles. The van der Waals surface area contributed by atoms with Crippen LogP contribution in [0.25, 0.3) is 0 Å². The van der Waals surface area contributed by atoms with E-state index in [0.717, 1.165) is 12.5 Å². The summed E-state index contributed by atoms with van der Waals surface area (Å²) in [6.07, 6.45) is -2.93. The molecule has 0 amide bonds. The van der Waals surface area contributed by atoms with Crippen LogP contribution < -0.4 is 4.74 Å². The molecule has 0 spiro atoms. The number of nitrogens with zero attached hydrogens (tertiary/aromatic N) is 1. The van der Waals surface area contributed by atoms with E-state index in [1.165, 1.54) is 38.5 Å². The first-order valence-corrected chi connectivity index (χ1v) is 14.3. The number of Topliss-reactive ketones (excluding diaryl/α,β-unsaturated/α-hetero) is 1. The highest BCUT2D eigenvalue weighted by molar-refractivity contribution is 6.31. The van der Waals surface area contributed by atoms with Gasteiger partial charge in [-0.2, -0.15) is 0 Å². The van der Waals surface area contributed by atoms with Crippen molar-refractivity contribution in [2.45, 2.75) is 62.4 Å². The molecule has 4 unspecified atom stereocenters. The Kier molecular flexibility index (Phi) is 8.00. The van der Waals surface area contributed by atoms with Crippen LogP contribution in [0.5, 0.6) is 17.2 Å². The number of aliphatic hydroxyl groups is 3. The van der Waals surface area contributed by atoms with Crippen molar-refractivity contribution in [1.29, 1.82) is 0 Å². The van der Waals surface area contributed by atoms with E-state index in [1.807, 2.05) is 0 Å². The SMILES string of the molecule is COc1cccc2c1C(=O)c1c(O)c3c(c(O)c1C2=O)C[C@@](O)(C(=O)CO)C[C@@H]3OC1CC(N(O)C2=COC=CO2)C(O)C(C)O1. The van der Waals surface area contributed by atoms with Crippen molar-refractivity contribution in [2.75, 3.05) is 13.7 Å². The van der Waals surface area contributed by atoms with Gasteiger partial charge in [-0.1, -0.05) is 12.1 Å². The van der Waals surface area contributed by atoms with Gasteiger partial charge >= 0.3 is 0 Å². The number of ether oxygens (including phenoxy) is 5.